The van der Waals surface area contributed by atoms with Crippen molar-refractivity contribution in [2.24, 2.45) is 7.05 Å². The molecule has 1 N–H and O–H groups in total. The molecule has 0 aliphatic heterocycles. The van der Waals surface area contributed by atoms with E-state index in [1.807, 2.05) is 0 Å². The first-order valence-electron chi connectivity index (χ1n) is 5.40. The fourth-order valence-electron chi connectivity index (χ4n) is 1.46. The van der Waals surface area contributed by atoms with Crippen molar-refractivity contribution < 1.29 is 22.8 Å². The summed E-state index contributed by atoms with van der Waals surface area (Å²) < 4.78 is 38.5. The molecule has 1 aromatic heterocycles. The van der Waals surface area contributed by atoms with Gasteiger partial charge in [0.1, 0.15) is 5.02 Å². The average molecular weight is 332 g/mol. The van der Waals surface area contributed by atoms with E-state index < -0.39 is 33.7 Å². The molecule has 10 heteroatoms. The molecule has 0 saturated carbocycles. The molecule has 1 heterocycles. The third-order valence-corrected chi connectivity index (χ3v) is 2.86. The Balaban J connectivity index is 2.77. The van der Waals surface area contributed by atoms with Crippen molar-refractivity contribution in [2.45, 2.75) is 19.0 Å². The molecule has 1 aromatic rings. The number of hydrogen-bond acceptors (Lipinski definition) is 3. The largest absolute Gasteiger partial charge is 0.434 e. The van der Waals surface area contributed by atoms with Crippen molar-refractivity contribution in [3.63, 3.8) is 0 Å². The number of carbonyl (C=O) groups excluding carboxylic acids is 2. The van der Waals surface area contributed by atoms with E-state index >= 15 is 0 Å². The van der Waals surface area contributed by atoms with Gasteiger partial charge in [-0.25, -0.2) is 0 Å². The van der Waals surface area contributed by atoms with E-state index in [1.54, 1.807) is 0 Å². The predicted molar refractivity (Wildman–Crippen MR) is 65.6 cm³/mol. The molecule has 0 radical (unpaired) electrons. The molecule has 20 heavy (non-hydrogen) atoms. The minimum Gasteiger partial charge on any atom is -0.351 e. The highest BCUT2D eigenvalue weighted by molar-refractivity contribution is 6.63. The van der Waals surface area contributed by atoms with Crippen LogP contribution in [0.25, 0.3) is 0 Å². The Labute approximate surface area is 122 Å². The van der Waals surface area contributed by atoms with E-state index in [4.69, 9.17) is 23.2 Å². The van der Waals surface area contributed by atoms with E-state index in [0.29, 0.717) is 4.68 Å². The van der Waals surface area contributed by atoms with E-state index in [0.717, 1.165) is 7.05 Å². The Morgan fingerprint density at radius 1 is 1.40 bits per heavy atom. The molecule has 1 amide bonds. The van der Waals surface area contributed by atoms with Crippen molar-refractivity contribution in [2.75, 3.05) is 6.54 Å². The molecule has 0 spiro atoms. The molecule has 0 atom stereocenters. The first-order chi connectivity index (χ1) is 9.14. The van der Waals surface area contributed by atoms with Crippen LogP contribution in [0.2, 0.25) is 5.02 Å². The molecule has 0 aliphatic carbocycles. The van der Waals surface area contributed by atoms with Gasteiger partial charge in [0.2, 0.25) is 5.24 Å². The van der Waals surface area contributed by atoms with Crippen LogP contribution >= 0.6 is 23.2 Å². The number of amides is 1. The Morgan fingerprint density at radius 3 is 2.45 bits per heavy atom. The maximum atomic E-state index is 12.7. The molecule has 0 fully saturated rings. The summed E-state index contributed by atoms with van der Waals surface area (Å²) in [5.74, 6) is -0.844. The highest BCUT2D eigenvalue weighted by Crippen LogP contribution is 2.35. The van der Waals surface area contributed by atoms with Crippen molar-refractivity contribution >= 4 is 34.4 Å². The maximum absolute atomic E-state index is 12.7. The van der Waals surface area contributed by atoms with Crippen LogP contribution in [0.5, 0.6) is 0 Å². The standard InChI is InChI=1S/C10H10Cl2F3N3O2/c1-18-8(10(13,14)15)6(12)7(17-18)9(20)16-4-2-3-5(11)19/h2-4H2,1H3,(H,16,20). The molecule has 0 saturated heterocycles. The van der Waals surface area contributed by atoms with Gasteiger partial charge in [0, 0.05) is 20.0 Å². The van der Waals surface area contributed by atoms with Gasteiger partial charge in [-0.15, -0.1) is 0 Å². The van der Waals surface area contributed by atoms with Crippen LogP contribution < -0.4 is 5.32 Å². The summed E-state index contributed by atoms with van der Waals surface area (Å²) in [6.07, 6.45) is -4.39. The highest BCUT2D eigenvalue weighted by atomic mass is 35.5. The second kappa shape index (κ2) is 6.45. The number of nitrogens with zero attached hydrogens (tertiary/aromatic N) is 2. The first-order valence-corrected chi connectivity index (χ1v) is 6.16. The Hall–Kier alpha value is -1.28. The molecule has 0 bridgehead atoms. The van der Waals surface area contributed by atoms with Crippen molar-refractivity contribution in [1.29, 1.82) is 0 Å². The molecule has 1 rings (SSSR count). The van der Waals surface area contributed by atoms with Crippen LogP contribution in [-0.4, -0.2) is 27.5 Å². The average Bonchev–Trinajstić information content (AvgIpc) is 2.59. The fraction of sp³-hybridized carbons (Fsp3) is 0.500. The normalized spacial score (nSPS) is 11.5. The lowest BCUT2D eigenvalue weighted by Crippen LogP contribution is -2.25. The van der Waals surface area contributed by atoms with Gasteiger partial charge in [0.15, 0.2) is 11.4 Å². The van der Waals surface area contributed by atoms with E-state index in [9.17, 15) is 22.8 Å². The van der Waals surface area contributed by atoms with E-state index in [1.165, 1.54) is 0 Å². The lowest BCUT2D eigenvalue weighted by Gasteiger charge is -2.06. The van der Waals surface area contributed by atoms with Crippen LogP contribution in [0.15, 0.2) is 0 Å². The Kier molecular flexibility index (Phi) is 5.41. The molecule has 5 nitrogen and oxygen atoms in total. The van der Waals surface area contributed by atoms with E-state index in [-0.39, 0.29) is 19.4 Å². The van der Waals surface area contributed by atoms with Gasteiger partial charge >= 0.3 is 6.18 Å². The van der Waals surface area contributed by atoms with Gasteiger partial charge in [-0.2, -0.15) is 18.3 Å². The van der Waals surface area contributed by atoms with E-state index in [2.05, 4.69) is 10.4 Å². The summed E-state index contributed by atoms with van der Waals surface area (Å²) in [4.78, 5) is 22.1. The number of nitrogens with one attached hydrogen (secondary N) is 1. The van der Waals surface area contributed by atoms with Gasteiger partial charge in [0.25, 0.3) is 5.91 Å². The van der Waals surface area contributed by atoms with Gasteiger partial charge < -0.3 is 5.32 Å². The second-order valence-corrected chi connectivity index (χ2v) is 4.65. The van der Waals surface area contributed by atoms with Crippen LogP contribution in [-0.2, 0) is 18.0 Å². The van der Waals surface area contributed by atoms with Gasteiger partial charge in [-0.3, -0.25) is 14.3 Å². The summed E-state index contributed by atoms with van der Waals surface area (Å²) in [6.45, 7) is 0.0749. The molecular weight excluding hydrogens is 322 g/mol. The number of carbonyl (C=O) groups is 2. The molecule has 0 aromatic carbocycles. The minimum atomic E-state index is -4.71. The summed E-state index contributed by atoms with van der Waals surface area (Å²) in [7, 11) is 1.04. The van der Waals surface area contributed by atoms with Crippen molar-refractivity contribution in [1.82, 2.24) is 15.1 Å². The van der Waals surface area contributed by atoms with Crippen LogP contribution in [0.3, 0.4) is 0 Å². The number of rotatable bonds is 5. The first kappa shape index (κ1) is 16.8. The van der Waals surface area contributed by atoms with Crippen molar-refractivity contribution in [3.05, 3.63) is 16.4 Å². The monoisotopic (exact) mass is 331 g/mol. The van der Waals surface area contributed by atoms with Gasteiger partial charge in [0.05, 0.1) is 0 Å². The Morgan fingerprint density at radius 2 is 2.00 bits per heavy atom. The summed E-state index contributed by atoms with van der Waals surface area (Å²) in [5.41, 5.74) is -1.71. The number of aromatic nitrogens is 2. The summed E-state index contributed by atoms with van der Waals surface area (Å²) >= 11 is 10.6. The third-order valence-electron chi connectivity index (χ3n) is 2.31. The number of aryl methyl sites for hydroxylation is 1. The highest BCUT2D eigenvalue weighted by Gasteiger charge is 2.39. The minimum absolute atomic E-state index is 0.0472. The molecule has 0 unspecified atom stereocenters. The zero-order valence-corrected chi connectivity index (χ0v) is 11.7. The predicted octanol–water partition coefficient (Wildman–Crippen LogP) is 2.37. The zero-order valence-electron chi connectivity index (χ0n) is 10.2. The Bertz CT molecular complexity index is 529. The number of halogens is 5. The number of alkyl halides is 3. The van der Waals surface area contributed by atoms with Crippen molar-refractivity contribution in [3.8, 4) is 0 Å². The summed E-state index contributed by atoms with van der Waals surface area (Å²) in [5, 5.41) is 4.44. The second-order valence-electron chi connectivity index (χ2n) is 3.85. The quantitative estimate of drug-likeness (QED) is 0.665. The van der Waals surface area contributed by atoms with Gasteiger partial charge in [-0.1, -0.05) is 11.6 Å². The lowest BCUT2D eigenvalue weighted by atomic mass is 10.3. The lowest BCUT2D eigenvalue weighted by molar-refractivity contribution is -0.143. The fourth-order valence-corrected chi connectivity index (χ4v) is 1.95. The van der Waals surface area contributed by atoms with Crippen LogP contribution in [0, 0.1) is 0 Å². The van der Waals surface area contributed by atoms with Gasteiger partial charge in [-0.05, 0) is 18.0 Å². The molecule has 0 aliphatic rings. The van der Waals surface area contributed by atoms with Crippen LogP contribution in [0.4, 0.5) is 13.2 Å². The zero-order chi connectivity index (χ0) is 15.5. The SMILES string of the molecule is Cn1nc(C(=O)NCCCC(=O)Cl)c(Cl)c1C(F)(F)F. The third kappa shape index (κ3) is 4.11. The van der Waals surface area contributed by atoms with Crippen LogP contribution in [0.1, 0.15) is 29.0 Å². The topological polar surface area (TPSA) is 64.0 Å². The number of hydrogen-bond donors (Lipinski definition) is 1. The molecule has 112 valence electrons. The maximum Gasteiger partial charge on any atom is 0.434 e. The summed E-state index contributed by atoms with van der Waals surface area (Å²) in [6, 6.07) is 0. The smallest absolute Gasteiger partial charge is 0.351 e. The molecular formula is C10H10Cl2F3N3O2.